The Labute approximate surface area is 108 Å². The highest BCUT2D eigenvalue weighted by molar-refractivity contribution is 9.10. The number of hydrogen-bond acceptors (Lipinski definition) is 2. The van der Waals surface area contributed by atoms with Crippen LogP contribution >= 0.6 is 15.9 Å². The van der Waals surface area contributed by atoms with E-state index in [4.69, 9.17) is 0 Å². The second-order valence-corrected chi connectivity index (χ2v) is 5.08. The lowest BCUT2D eigenvalue weighted by atomic mass is 10.2. The molecule has 0 radical (unpaired) electrons. The zero-order valence-corrected chi connectivity index (χ0v) is 10.9. The number of carbonyl (C=O) groups is 1. The third-order valence-corrected chi connectivity index (χ3v) is 3.11. The SMILES string of the molecule is O=C(CNC1CC1)NCc1cc(Br)ccc1F. The van der Waals surface area contributed by atoms with Crippen LogP contribution < -0.4 is 10.6 Å². The zero-order valence-electron chi connectivity index (χ0n) is 9.30. The minimum atomic E-state index is -0.302. The van der Waals surface area contributed by atoms with Gasteiger partial charge in [0.2, 0.25) is 5.91 Å². The van der Waals surface area contributed by atoms with Crippen LogP contribution in [0.3, 0.4) is 0 Å². The van der Waals surface area contributed by atoms with Gasteiger partial charge in [-0.1, -0.05) is 15.9 Å². The molecule has 5 heteroatoms. The fraction of sp³-hybridized carbons (Fsp3) is 0.417. The van der Waals surface area contributed by atoms with Crippen molar-refractivity contribution in [2.24, 2.45) is 0 Å². The molecule has 1 saturated carbocycles. The monoisotopic (exact) mass is 300 g/mol. The molecule has 0 aromatic heterocycles. The van der Waals surface area contributed by atoms with Gasteiger partial charge in [-0.25, -0.2) is 4.39 Å². The van der Waals surface area contributed by atoms with E-state index in [2.05, 4.69) is 26.6 Å². The molecule has 0 aliphatic heterocycles. The first kappa shape index (κ1) is 12.5. The summed E-state index contributed by atoms with van der Waals surface area (Å²) in [5, 5.41) is 5.79. The molecule has 0 bridgehead atoms. The van der Waals surface area contributed by atoms with E-state index in [1.165, 1.54) is 6.07 Å². The van der Waals surface area contributed by atoms with E-state index in [9.17, 15) is 9.18 Å². The van der Waals surface area contributed by atoms with Crippen molar-refractivity contribution >= 4 is 21.8 Å². The van der Waals surface area contributed by atoms with Crippen molar-refractivity contribution in [3.05, 3.63) is 34.1 Å². The summed E-state index contributed by atoms with van der Waals surface area (Å²) in [6.07, 6.45) is 2.29. The second-order valence-electron chi connectivity index (χ2n) is 4.17. The topological polar surface area (TPSA) is 41.1 Å². The molecule has 2 N–H and O–H groups in total. The molecule has 0 spiro atoms. The summed E-state index contributed by atoms with van der Waals surface area (Å²) in [5.74, 6) is -0.403. The Bertz CT molecular complexity index is 421. The zero-order chi connectivity index (χ0) is 12.3. The Morgan fingerprint density at radius 1 is 1.47 bits per heavy atom. The van der Waals surface area contributed by atoms with Crippen molar-refractivity contribution in [2.45, 2.75) is 25.4 Å². The molecular weight excluding hydrogens is 287 g/mol. The maximum atomic E-state index is 13.4. The van der Waals surface area contributed by atoms with Crippen LogP contribution in [-0.4, -0.2) is 18.5 Å². The molecule has 1 amide bonds. The highest BCUT2D eigenvalue weighted by atomic mass is 79.9. The first-order valence-corrected chi connectivity index (χ1v) is 6.38. The van der Waals surface area contributed by atoms with E-state index in [0.717, 1.165) is 17.3 Å². The largest absolute Gasteiger partial charge is 0.351 e. The highest BCUT2D eigenvalue weighted by Gasteiger charge is 2.21. The molecule has 2 rings (SSSR count). The lowest BCUT2D eigenvalue weighted by Crippen LogP contribution is -2.34. The molecule has 0 saturated heterocycles. The van der Waals surface area contributed by atoms with Crippen molar-refractivity contribution in [1.82, 2.24) is 10.6 Å². The molecule has 1 fully saturated rings. The molecule has 92 valence electrons. The summed E-state index contributed by atoms with van der Waals surface area (Å²) in [6, 6.07) is 5.19. The molecule has 0 atom stereocenters. The van der Waals surface area contributed by atoms with Crippen molar-refractivity contribution in [2.75, 3.05) is 6.54 Å². The van der Waals surface area contributed by atoms with Gasteiger partial charge in [-0.15, -0.1) is 0 Å². The summed E-state index contributed by atoms with van der Waals surface area (Å²) in [5.41, 5.74) is 0.485. The minimum absolute atomic E-state index is 0.101. The molecule has 1 aliphatic rings. The summed E-state index contributed by atoms with van der Waals surface area (Å²) >= 11 is 3.27. The predicted octanol–water partition coefficient (Wildman–Crippen LogP) is 1.96. The van der Waals surface area contributed by atoms with Gasteiger partial charge in [-0.2, -0.15) is 0 Å². The van der Waals surface area contributed by atoms with Gasteiger partial charge in [0, 0.05) is 22.6 Å². The third-order valence-electron chi connectivity index (χ3n) is 2.61. The first-order chi connectivity index (χ1) is 8.15. The van der Waals surface area contributed by atoms with Gasteiger partial charge in [0.05, 0.1) is 6.54 Å². The van der Waals surface area contributed by atoms with Crippen molar-refractivity contribution in [1.29, 1.82) is 0 Å². The number of nitrogens with one attached hydrogen (secondary N) is 2. The Balaban J connectivity index is 1.79. The Morgan fingerprint density at radius 2 is 2.24 bits per heavy atom. The molecule has 3 nitrogen and oxygen atoms in total. The number of hydrogen-bond donors (Lipinski definition) is 2. The smallest absolute Gasteiger partial charge is 0.234 e. The molecule has 1 aliphatic carbocycles. The van der Waals surface area contributed by atoms with E-state index in [1.54, 1.807) is 12.1 Å². The van der Waals surface area contributed by atoms with Crippen LogP contribution in [0.4, 0.5) is 4.39 Å². The summed E-state index contributed by atoms with van der Waals surface area (Å²) in [4.78, 5) is 11.4. The van der Waals surface area contributed by atoms with Crippen molar-refractivity contribution < 1.29 is 9.18 Å². The molecular formula is C12H14BrFN2O. The minimum Gasteiger partial charge on any atom is -0.351 e. The third kappa shape index (κ3) is 4.09. The maximum absolute atomic E-state index is 13.4. The molecule has 17 heavy (non-hydrogen) atoms. The fourth-order valence-corrected chi connectivity index (χ4v) is 1.87. The van der Waals surface area contributed by atoms with Gasteiger partial charge in [-0.05, 0) is 31.0 Å². The van der Waals surface area contributed by atoms with Crippen LogP contribution in [0.1, 0.15) is 18.4 Å². The number of benzene rings is 1. The number of halogens is 2. The summed E-state index contributed by atoms with van der Waals surface area (Å²) in [7, 11) is 0. The van der Waals surface area contributed by atoms with Crippen LogP contribution in [0.15, 0.2) is 22.7 Å². The van der Waals surface area contributed by atoms with Gasteiger partial charge >= 0.3 is 0 Å². The molecule has 1 aromatic carbocycles. The second kappa shape index (κ2) is 5.60. The summed E-state index contributed by atoms with van der Waals surface area (Å²) < 4.78 is 14.2. The van der Waals surface area contributed by atoms with Gasteiger partial charge in [0.1, 0.15) is 5.82 Å². The maximum Gasteiger partial charge on any atom is 0.234 e. The highest BCUT2D eigenvalue weighted by Crippen LogP contribution is 2.18. The van der Waals surface area contributed by atoms with Gasteiger partial charge in [0.15, 0.2) is 0 Å². The standard InChI is InChI=1S/C12H14BrFN2O/c13-9-1-4-11(14)8(5-9)6-16-12(17)7-15-10-2-3-10/h1,4-5,10,15H,2-3,6-7H2,(H,16,17). The summed E-state index contributed by atoms with van der Waals surface area (Å²) in [6.45, 7) is 0.525. The quantitative estimate of drug-likeness (QED) is 0.873. The Hall–Kier alpha value is -0.940. The average molecular weight is 301 g/mol. The van der Waals surface area contributed by atoms with Crippen molar-refractivity contribution in [3.63, 3.8) is 0 Å². The number of rotatable bonds is 5. The molecule has 1 aromatic rings. The average Bonchev–Trinajstić information content (AvgIpc) is 3.11. The van der Waals surface area contributed by atoms with Crippen molar-refractivity contribution in [3.8, 4) is 0 Å². The van der Waals surface area contributed by atoms with Gasteiger partial charge in [-0.3, -0.25) is 4.79 Å². The number of carbonyl (C=O) groups excluding carboxylic acids is 1. The number of amides is 1. The van der Waals surface area contributed by atoms with Crippen LogP contribution in [0, 0.1) is 5.82 Å². The van der Waals surface area contributed by atoms with Crippen LogP contribution in [0.2, 0.25) is 0 Å². The van der Waals surface area contributed by atoms with Gasteiger partial charge < -0.3 is 10.6 Å². The lowest BCUT2D eigenvalue weighted by molar-refractivity contribution is -0.120. The normalized spacial score (nSPS) is 14.7. The predicted molar refractivity (Wildman–Crippen MR) is 67.0 cm³/mol. The first-order valence-electron chi connectivity index (χ1n) is 5.59. The molecule has 0 heterocycles. The van der Waals surface area contributed by atoms with E-state index in [0.29, 0.717) is 18.2 Å². The Morgan fingerprint density at radius 3 is 2.94 bits per heavy atom. The Kier molecular flexibility index (Phi) is 4.12. The van der Waals surface area contributed by atoms with E-state index < -0.39 is 0 Å². The van der Waals surface area contributed by atoms with Crippen LogP contribution in [0.5, 0.6) is 0 Å². The van der Waals surface area contributed by atoms with E-state index in [-0.39, 0.29) is 18.3 Å². The van der Waals surface area contributed by atoms with Crippen LogP contribution in [0.25, 0.3) is 0 Å². The fourth-order valence-electron chi connectivity index (χ4n) is 1.46. The van der Waals surface area contributed by atoms with Gasteiger partial charge in [0.25, 0.3) is 0 Å². The molecule has 0 unspecified atom stereocenters. The van der Waals surface area contributed by atoms with Crippen LogP contribution in [-0.2, 0) is 11.3 Å². The van der Waals surface area contributed by atoms with E-state index >= 15 is 0 Å². The lowest BCUT2D eigenvalue weighted by Gasteiger charge is -2.07. The van der Waals surface area contributed by atoms with E-state index in [1.807, 2.05) is 0 Å².